The van der Waals surface area contributed by atoms with Gasteiger partial charge in [0.25, 0.3) is 0 Å². The van der Waals surface area contributed by atoms with Crippen LogP contribution < -0.4 is 10.6 Å². The molecule has 0 spiro atoms. The Balaban J connectivity index is 1.95. The summed E-state index contributed by atoms with van der Waals surface area (Å²) in [6.45, 7) is 3.12. The second-order valence-corrected chi connectivity index (χ2v) is 6.94. The highest BCUT2D eigenvalue weighted by Gasteiger charge is 2.34. The summed E-state index contributed by atoms with van der Waals surface area (Å²) >= 11 is 5.35. The van der Waals surface area contributed by atoms with Crippen LogP contribution >= 0.6 is 12.2 Å². The normalized spacial score (nSPS) is 21.4. The van der Waals surface area contributed by atoms with Crippen LogP contribution in [-0.4, -0.2) is 53.5 Å². The molecule has 0 aromatic heterocycles. The van der Waals surface area contributed by atoms with Gasteiger partial charge in [0.2, 0.25) is 11.8 Å². The fourth-order valence-electron chi connectivity index (χ4n) is 3.24. The van der Waals surface area contributed by atoms with E-state index in [-0.39, 0.29) is 29.3 Å². The molecule has 2 aliphatic rings. The summed E-state index contributed by atoms with van der Waals surface area (Å²) in [5.41, 5.74) is 0. The van der Waals surface area contributed by atoms with Crippen molar-refractivity contribution >= 4 is 35.1 Å². The zero-order valence-electron chi connectivity index (χ0n) is 14.7. The van der Waals surface area contributed by atoms with Crippen molar-refractivity contribution in [2.75, 3.05) is 19.7 Å². The Hall–Kier alpha value is -1.70. The number of hydrogen-bond acceptors (Lipinski definition) is 5. The molecule has 2 rings (SSSR count). The Bertz CT molecular complexity index is 520. The van der Waals surface area contributed by atoms with Crippen molar-refractivity contribution in [1.82, 2.24) is 15.5 Å². The molecule has 0 radical (unpaired) electrons. The Labute approximate surface area is 153 Å². The van der Waals surface area contributed by atoms with Crippen molar-refractivity contribution in [2.45, 2.75) is 57.9 Å². The Morgan fingerprint density at radius 3 is 2.72 bits per heavy atom. The molecule has 0 aromatic rings. The van der Waals surface area contributed by atoms with Gasteiger partial charge in [-0.2, -0.15) is 0 Å². The van der Waals surface area contributed by atoms with E-state index in [1.807, 2.05) is 6.92 Å². The van der Waals surface area contributed by atoms with E-state index < -0.39 is 12.0 Å². The molecule has 1 saturated heterocycles. The monoisotopic (exact) mass is 369 g/mol. The van der Waals surface area contributed by atoms with Crippen molar-refractivity contribution in [2.24, 2.45) is 5.92 Å². The molecule has 140 valence electrons. The van der Waals surface area contributed by atoms with Gasteiger partial charge in [0.05, 0.1) is 13.0 Å². The lowest BCUT2D eigenvalue weighted by atomic mass is 9.89. The van der Waals surface area contributed by atoms with Gasteiger partial charge >= 0.3 is 5.97 Å². The lowest BCUT2D eigenvalue weighted by molar-refractivity contribution is -0.147. The number of thiocarbonyl (C=S) groups is 1. The Kier molecular flexibility index (Phi) is 7.61. The molecule has 8 heteroatoms. The van der Waals surface area contributed by atoms with Crippen molar-refractivity contribution in [3.8, 4) is 0 Å². The summed E-state index contributed by atoms with van der Waals surface area (Å²) in [5.74, 6) is -0.800. The van der Waals surface area contributed by atoms with Crippen LogP contribution in [0.2, 0.25) is 0 Å². The van der Waals surface area contributed by atoms with Gasteiger partial charge in [0.1, 0.15) is 6.04 Å². The van der Waals surface area contributed by atoms with Crippen LogP contribution in [0.3, 0.4) is 0 Å². The highest BCUT2D eigenvalue weighted by molar-refractivity contribution is 7.80. The van der Waals surface area contributed by atoms with Crippen molar-refractivity contribution in [3.63, 3.8) is 0 Å². The minimum Gasteiger partial charge on any atom is -0.466 e. The van der Waals surface area contributed by atoms with Gasteiger partial charge in [-0.05, 0) is 31.5 Å². The van der Waals surface area contributed by atoms with Gasteiger partial charge in [-0.1, -0.05) is 26.2 Å². The SMILES string of the molecule is CCCOC(=O)C[C@H]1C(=O)NCCN1C(=S)NC(=O)C1CCCCC1. The number of hydrogen-bond donors (Lipinski definition) is 2. The van der Waals surface area contributed by atoms with Crippen LogP contribution in [-0.2, 0) is 19.1 Å². The number of carbonyl (C=O) groups excluding carboxylic acids is 3. The number of amides is 2. The molecule has 25 heavy (non-hydrogen) atoms. The molecule has 0 unspecified atom stereocenters. The van der Waals surface area contributed by atoms with E-state index in [1.54, 1.807) is 4.90 Å². The standard InChI is InChI=1S/C17H27N3O4S/c1-2-10-24-14(21)11-13-16(23)18-8-9-20(13)17(25)19-15(22)12-6-4-3-5-7-12/h12-13H,2-11H2,1H3,(H,18,23)(H,19,22,25)/t13-/m0/s1. The molecule has 1 atom stereocenters. The summed E-state index contributed by atoms with van der Waals surface area (Å²) in [7, 11) is 0. The molecule has 7 nitrogen and oxygen atoms in total. The van der Waals surface area contributed by atoms with Crippen LogP contribution in [0.5, 0.6) is 0 Å². The number of nitrogens with zero attached hydrogens (tertiary/aromatic N) is 1. The van der Waals surface area contributed by atoms with Gasteiger partial charge in [0.15, 0.2) is 5.11 Å². The van der Waals surface area contributed by atoms with Crippen molar-refractivity contribution in [3.05, 3.63) is 0 Å². The molecule has 0 aromatic carbocycles. The van der Waals surface area contributed by atoms with Crippen LogP contribution in [0, 0.1) is 5.92 Å². The largest absolute Gasteiger partial charge is 0.466 e. The second-order valence-electron chi connectivity index (χ2n) is 6.55. The van der Waals surface area contributed by atoms with Crippen molar-refractivity contribution < 1.29 is 19.1 Å². The van der Waals surface area contributed by atoms with Gasteiger partial charge in [0, 0.05) is 19.0 Å². The summed E-state index contributed by atoms with van der Waals surface area (Å²) in [5, 5.41) is 5.73. The highest BCUT2D eigenvalue weighted by Crippen LogP contribution is 2.23. The minimum absolute atomic E-state index is 0.0155. The third-order valence-corrected chi connectivity index (χ3v) is 4.96. The molecular formula is C17H27N3O4S. The molecule has 1 heterocycles. The Morgan fingerprint density at radius 2 is 2.04 bits per heavy atom. The van der Waals surface area contributed by atoms with E-state index in [9.17, 15) is 14.4 Å². The Morgan fingerprint density at radius 1 is 1.32 bits per heavy atom. The molecule has 1 aliphatic heterocycles. The van der Waals surface area contributed by atoms with E-state index in [0.29, 0.717) is 19.7 Å². The second kappa shape index (κ2) is 9.70. The predicted octanol–water partition coefficient (Wildman–Crippen LogP) is 1.11. The minimum atomic E-state index is -0.739. The number of nitrogens with one attached hydrogen (secondary N) is 2. The fraction of sp³-hybridized carbons (Fsp3) is 0.765. The smallest absolute Gasteiger partial charge is 0.308 e. The molecule has 2 N–H and O–H groups in total. The maximum atomic E-state index is 12.4. The molecular weight excluding hydrogens is 342 g/mol. The lowest BCUT2D eigenvalue weighted by Gasteiger charge is -2.36. The summed E-state index contributed by atoms with van der Waals surface area (Å²) < 4.78 is 5.07. The molecule has 2 amide bonds. The number of carbonyl (C=O) groups is 3. The first-order valence-corrected chi connectivity index (χ1v) is 9.48. The topological polar surface area (TPSA) is 87.7 Å². The third kappa shape index (κ3) is 5.66. The average molecular weight is 369 g/mol. The highest BCUT2D eigenvalue weighted by atomic mass is 32.1. The number of ether oxygens (including phenoxy) is 1. The third-order valence-electron chi connectivity index (χ3n) is 4.62. The number of rotatable bonds is 5. The van der Waals surface area contributed by atoms with Crippen LogP contribution in [0.4, 0.5) is 0 Å². The van der Waals surface area contributed by atoms with Gasteiger partial charge in [-0.15, -0.1) is 0 Å². The zero-order valence-corrected chi connectivity index (χ0v) is 15.5. The first kappa shape index (κ1) is 19.6. The predicted molar refractivity (Wildman–Crippen MR) is 96.7 cm³/mol. The molecule has 0 bridgehead atoms. The van der Waals surface area contributed by atoms with E-state index >= 15 is 0 Å². The van der Waals surface area contributed by atoms with Crippen LogP contribution in [0.15, 0.2) is 0 Å². The summed E-state index contributed by atoms with van der Waals surface area (Å²) in [6.07, 6.45) is 5.69. The summed E-state index contributed by atoms with van der Waals surface area (Å²) in [4.78, 5) is 38.1. The first-order chi connectivity index (χ1) is 12.0. The number of piperazine rings is 1. The van der Waals surface area contributed by atoms with Crippen LogP contribution in [0.25, 0.3) is 0 Å². The van der Waals surface area contributed by atoms with E-state index in [0.717, 1.165) is 32.1 Å². The summed E-state index contributed by atoms with van der Waals surface area (Å²) in [6, 6.07) is -0.739. The fourth-order valence-corrected chi connectivity index (χ4v) is 3.56. The van der Waals surface area contributed by atoms with Crippen molar-refractivity contribution in [1.29, 1.82) is 0 Å². The van der Waals surface area contributed by atoms with Gasteiger partial charge < -0.3 is 20.3 Å². The zero-order chi connectivity index (χ0) is 18.2. The average Bonchev–Trinajstić information content (AvgIpc) is 2.62. The van der Waals surface area contributed by atoms with E-state index in [1.165, 1.54) is 6.42 Å². The molecule has 2 fully saturated rings. The molecule has 1 saturated carbocycles. The van der Waals surface area contributed by atoms with Gasteiger partial charge in [-0.3, -0.25) is 14.4 Å². The maximum Gasteiger partial charge on any atom is 0.308 e. The quantitative estimate of drug-likeness (QED) is 0.558. The van der Waals surface area contributed by atoms with Crippen LogP contribution in [0.1, 0.15) is 51.9 Å². The lowest BCUT2D eigenvalue weighted by Crippen LogP contribution is -2.60. The van der Waals surface area contributed by atoms with E-state index in [4.69, 9.17) is 17.0 Å². The van der Waals surface area contributed by atoms with E-state index in [2.05, 4.69) is 10.6 Å². The molecule has 1 aliphatic carbocycles. The van der Waals surface area contributed by atoms with Gasteiger partial charge in [-0.25, -0.2) is 0 Å². The number of esters is 1. The maximum absolute atomic E-state index is 12.4. The first-order valence-electron chi connectivity index (χ1n) is 9.07.